The van der Waals surface area contributed by atoms with E-state index in [9.17, 15) is 48.1 Å². The molecule has 388 valence electrons. The summed E-state index contributed by atoms with van der Waals surface area (Å²) in [6.45, 7) is 2.61. The van der Waals surface area contributed by atoms with Gasteiger partial charge in [-0.15, -0.1) is 0 Å². The Morgan fingerprint density at radius 1 is 0.946 bits per heavy atom. The van der Waals surface area contributed by atoms with Crippen LogP contribution in [0.2, 0.25) is 0 Å². The van der Waals surface area contributed by atoms with Crippen LogP contribution in [0, 0.1) is 11.8 Å². The normalized spacial score (nSPS) is 21.3. The van der Waals surface area contributed by atoms with Gasteiger partial charge < -0.3 is 64.6 Å². The Balaban J connectivity index is 0.893. The number of hydrogen-bond donors (Lipinski definition) is 8. The summed E-state index contributed by atoms with van der Waals surface area (Å²) in [5, 5.41) is 28.6. The molecule has 2 unspecified atom stereocenters. The number of carbonyl (C=O) groups excluding carboxylic acids is 2. The zero-order valence-electron chi connectivity index (χ0n) is 39.1. The van der Waals surface area contributed by atoms with Crippen LogP contribution >= 0.6 is 23.5 Å². The van der Waals surface area contributed by atoms with Crippen molar-refractivity contribution < 1.29 is 75.7 Å². The topological polar surface area (TPSA) is 351 Å². The Morgan fingerprint density at radius 3 is 2.46 bits per heavy atom. The molecule has 6 aliphatic rings. The number of aromatic amines is 1. The van der Waals surface area contributed by atoms with E-state index in [1.165, 1.54) is 45.1 Å². The highest BCUT2D eigenvalue weighted by Gasteiger charge is 2.44. The number of ether oxygens (including phenoxy) is 2. The van der Waals surface area contributed by atoms with Crippen LogP contribution in [0.4, 0.5) is 11.6 Å². The number of aromatic nitrogens is 3. The first-order chi connectivity index (χ1) is 35.2. The predicted octanol–water partition coefficient (Wildman–Crippen LogP) is 0.879. The lowest BCUT2D eigenvalue weighted by Crippen LogP contribution is -2.45. The van der Waals surface area contributed by atoms with E-state index < -0.39 is 65.9 Å². The van der Waals surface area contributed by atoms with E-state index in [1.54, 1.807) is 6.07 Å². The molecule has 27 heteroatoms. The van der Waals surface area contributed by atoms with E-state index in [4.69, 9.17) is 25.0 Å². The molecular weight excluding hydrogens is 1030 g/mol. The quantitative estimate of drug-likeness (QED) is 0.0479. The highest BCUT2D eigenvalue weighted by atomic mass is 31.3. The molecule has 0 bridgehead atoms. The van der Waals surface area contributed by atoms with Crippen molar-refractivity contribution in [1.29, 1.82) is 0 Å². The largest absolute Gasteiger partial charge is 0.545 e. The number of nitrogens with one attached hydrogen (secondary N) is 2. The van der Waals surface area contributed by atoms with Gasteiger partial charge in [-0.25, -0.2) is 18.3 Å². The minimum Gasteiger partial charge on any atom is -0.545 e. The van der Waals surface area contributed by atoms with Crippen LogP contribution in [-0.4, -0.2) is 103 Å². The molecule has 11 rings (SSSR count). The number of phosphoric acid groups is 3. The van der Waals surface area contributed by atoms with Gasteiger partial charge in [0.2, 0.25) is 11.3 Å². The van der Waals surface area contributed by atoms with Crippen molar-refractivity contribution in [3.05, 3.63) is 108 Å². The number of nitrogens with two attached hydrogens (primary N) is 1. The Labute approximate surface area is 419 Å². The van der Waals surface area contributed by atoms with E-state index in [-0.39, 0.29) is 46.6 Å². The van der Waals surface area contributed by atoms with Crippen molar-refractivity contribution in [2.75, 3.05) is 50.0 Å². The van der Waals surface area contributed by atoms with Gasteiger partial charge in [0.05, 0.1) is 41.7 Å². The number of amides is 1. The summed E-state index contributed by atoms with van der Waals surface area (Å²) in [4.78, 5) is 86.5. The molecule has 0 radical (unpaired) electrons. The van der Waals surface area contributed by atoms with Gasteiger partial charge in [-0.3, -0.25) is 19.1 Å². The second-order valence-electron chi connectivity index (χ2n) is 18.8. The molecule has 0 saturated carbocycles. The average Bonchev–Trinajstić information content (AvgIpc) is 3.90. The number of phosphoric ester groups is 1. The Kier molecular flexibility index (Phi) is 12.9. The third-order valence-corrected chi connectivity index (χ3v) is 17.9. The molecule has 3 aromatic carbocycles. The number of nitrogen functional groups attached to an aromatic ring is 1. The third-order valence-electron chi connectivity index (χ3n) is 14.1. The number of aryl methyl sites for hydroxylation is 2. The molecule has 2 aromatic heterocycles. The Morgan fingerprint density at radius 2 is 1.69 bits per heavy atom. The van der Waals surface area contributed by atoms with Crippen LogP contribution in [0.15, 0.2) is 41.3 Å². The van der Waals surface area contributed by atoms with Crippen molar-refractivity contribution in [3.8, 4) is 23.3 Å². The SMILES string of the molecule is Nc1nc2c(c(C#CCNC(=O)c3ccc(C(=O)[O-])c(C4=c5cc6c7c(c5Oc5c4cc4c8c5CCCN8CCC4)CCC[N+]=7CCC6)c3)cn2[C@H]2C[C@H](O)[C@@H](COP(=O)(O)OP(=O)(O)OP(=O)(O)O)O2)c(=O)[nH]1. The number of H-pyrrole nitrogens is 1. The summed E-state index contributed by atoms with van der Waals surface area (Å²) in [7, 11) is -17.0. The Bertz CT molecular complexity index is 3670. The number of benzene rings is 3. The first kappa shape index (κ1) is 50.2. The van der Waals surface area contributed by atoms with Crippen molar-refractivity contribution in [1.82, 2.24) is 24.4 Å². The van der Waals surface area contributed by atoms with Crippen LogP contribution in [0.3, 0.4) is 0 Å². The first-order valence-corrected chi connectivity index (χ1v) is 28.3. The minimum absolute atomic E-state index is 0.0381. The number of aromatic carboxylic acids is 1. The van der Waals surface area contributed by atoms with Crippen LogP contribution in [-0.2, 0) is 57.3 Å². The van der Waals surface area contributed by atoms with E-state index in [0.29, 0.717) is 11.1 Å². The molecule has 9 N–H and O–H groups in total. The molecule has 1 amide bonds. The summed E-state index contributed by atoms with van der Waals surface area (Å²) in [5.74, 6) is 4.87. The highest BCUT2D eigenvalue weighted by Crippen LogP contribution is 2.66. The molecule has 5 atom stereocenters. The molecule has 5 aromatic rings. The van der Waals surface area contributed by atoms with Crippen LogP contribution in [0.1, 0.15) is 98.0 Å². The molecule has 24 nitrogen and oxygen atoms in total. The summed E-state index contributed by atoms with van der Waals surface area (Å²) < 4.78 is 63.9. The predicted molar refractivity (Wildman–Crippen MR) is 259 cm³/mol. The lowest BCUT2D eigenvalue weighted by atomic mass is 9.81. The molecule has 1 saturated heterocycles. The number of hydrogen-bond acceptors (Lipinski definition) is 16. The number of rotatable bonds is 12. The molecule has 6 aliphatic heterocycles. The fraction of sp³-hybridized carbons (Fsp3) is 0.383. The summed E-state index contributed by atoms with van der Waals surface area (Å²) in [6, 6.07) is 8.66. The molecule has 0 spiro atoms. The maximum absolute atomic E-state index is 14.1. The van der Waals surface area contributed by atoms with Crippen molar-refractivity contribution in [3.63, 3.8) is 0 Å². The van der Waals surface area contributed by atoms with E-state index in [1.807, 2.05) is 0 Å². The maximum atomic E-state index is 14.1. The van der Waals surface area contributed by atoms with Gasteiger partial charge in [-0.1, -0.05) is 17.9 Å². The second kappa shape index (κ2) is 19.0. The second-order valence-corrected chi connectivity index (χ2v) is 23.2. The first-order valence-electron chi connectivity index (χ1n) is 23.8. The van der Waals surface area contributed by atoms with E-state index in [2.05, 4.69) is 61.9 Å². The zero-order valence-corrected chi connectivity index (χ0v) is 41.8. The number of carboxylic acids is 1. The van der Waals surface area contributed by atoms with Crippen LogP contribution in [0.5, 0.6) is 11.5 Å². The number of carboxylic acid groups (broad SMARTS) is 1. The lowest BCUT2D eigenvalue weighted by Gasteiger charge is -2.39. The van der Waals surface area contributed by atoms with Crippen molar-refractivity contribution in [2.45, 2.75) is 76.2 Å². The number of nitrogens with zero attached hydrogens (tertiary/aromatic N) is 4. The fourth-order valence-corrected chi connectivity index (χ4v) is 14.3. The molecule has 74 heavy (non-hydrogen) atoms. The number of carbonyl (C=O) groups is 2. The standard InChI is InChI=1S/C47H48N7O17P3/c48-47-50-43-37(45(57)51-47)27(22-54(43)36-21-34(55)35(68-36)23-67-73(63,64)71-74(65,66)70-72(60,61)62)6-1-13-49-44(56)26-11-12-28(46(58)59)31(20-26)38-32-18-24-7-2-14-52-16-4-9-29(39(24)52)41(32)69-42-30-10-5-17-53-15-3-8-25(40(30)53)19-33(38)42/h11-12,18-20,22,34-36,55H,2-5,7-10,13-17,21,23H2,(H8-,48,49,50,51,56,57,58,59,60,61,62,63,64,65,66)/t34-,35+,36+/m0/s1. The summed E-state index contributed by atoms with van der Waals surface area (Å²) in [6.07, 6.45) is 4.37. The van der Waals surface area contributed by atoms with Gasteiger partial charge in [0.25, 0.3) is 11.5 Å². The van der Waals surface area contributed by atoms with Crippen LogP contribution < -0.4 is 46.5 Å². The molecule has 1 fully saturated rings. The monoisotopic (exact) mass is 1080 g/mol. The molecular formula is C47H48N7O17P3. The number of aliphatic hydroxyl groups excluding tert-OH is 1. The Hall–Kier alpha value is -6.02. The van der Waals surface area contributed by atoms with Gasteiger partial charge in [-0.2, -0.15) is 13.6 Å². The van der Waals surface area contributed by atoms with Crippen molar-refractivity contribution >= 4 is 63.6 Å². The smallest absolute Gasteiger partial charge is 0.490 e. The number of anilines is 2. The third kappa shape index (κ3) is 9.42. The van der Waals surface area contributed by atoms with Gasteiger partial charge in [0.15, 0.2) is 5.65 Å². The molecule has 8 heterocycles. The van der Waals surface area contributed by atoms with Gasteiger partial charge in [-0.05, 0) is 73.9 Å². The number of aliphatic hydroxyl groups is 1. The van der Waals surface area contributed by atoms with Crippen LogP contribution in [0.25, 0.3) is 16.6 Å². The summed E-state index contributed by atoms with van der Waals surface area (Å²) in [5.41, 5.74) is 12.8. The van der Waals surface area contributed by atoms with Gasteiger partial charge in [0.1, 0.15) is 36.9 Å². The van der Waals surface area contributed by atoms with E-state index in [0.717, 1.165) is 111 Å². The number of fused-ring (bicyclic) bond motifs is 5. The van der Waals surface area contributed by atoms with Gasteiger partial charge in [0, 0.05) is 82.8 Å². The van der Waals surface area contributed by atoms with E-state index >= 15 is 0 Å². The molecule has 0 aliphatic carbocycles. The minimum atomic E-state index is -5.81. The highest BCUT2D eigenvalue weighted by molar-refractivity contribution is 7.66. The zero-order chi connectivity index (χ0) is 52.0. The average molecular weight is 1080 g/mol. The maximum Gasteiger partial charge on any atom is 0.490 e. The fourth-order valence-electron chi connectivity index (χ4n) is 11.2. The van der Waals surface area contributed by atoms with Gasteiger partial charge >= 0.3 is 23.5 Å². The van der Waals surface area contributed by atoms with Crippen molar-refractivity contribution in [2.24, 2.45) is 0 Å². The lowest BCUT2D eigenvalue weighted by molar-refractivity contribution is -0.255. The summed E-state index contributed by atoms with van der Waals surface area (Å²) >= 11 is 0.